The van der Waals surface area contributed by atoms with Crippen molar-refractivity contribution < 1.29 is 8.81 Å². The molecule has 3 heteroatoms. The molecular weight excluding hydrogens is 211 g/mol. The molecule has 1 heterocycles. The standard InChI is InChI=1S/C8H4BrFO/c9-6-1-2-7-5(3-6)4-8(10)11-7/h1-4H. The van der Waals surface area contributed by atoms with Crippen LogP contribution in [0, 0.1) is 6.01 Å². The molecule has 0 aliphatic carbocycles. The smallest absolute Gasteiger partial charge is 0.278 e. The van der Waals surface area contributed by atoms with Crippen LogP contribution in [-0.4, -0.2) is 0 Å². The normalized spacial score (nSPS) is 10.7. The van der Waals surface area contributed by atoms with Crippen molar-refractivity contribution in [3.8, 4) is 0 Å². The quantitative estimate of drug-likeness (QED) is 0.656. The number of benzene rings is 1. The summed E-state index contributed by atoms with van der Waals surface area (Å²) in [5.74, 6) is 0. The van der Waals surface area contributed by atoms with Crippen LogP contribution in [0.3, 0.4) is 0 Å². The largest absolute Gasteiger partial charge is 0.431 e. The average molecular weight is 215 g/mol. The molecule has 0 radical (unpaired) electrons. The third-order valence-corrected chi connectivity index (χ3v) is 1.94. The van der Waals surface area contributed by atoms with Gasteiger partial charge in [0.15, 0.2) is 0 Å². The zero-order chi connectivity index (χ0) is 7.84. The second-order valence-electron chi connectivity index (χ2n) is 2.23. The number of rotatable bonds is 0. The van der Waals surface area contributed by atoms with Crippen LogP contribution in [0.4, 0.5) is 4.39 Å². The number of halogens is 2. The molecule has 0 saturated carbocycles. The maximum Gasteiger partial charge on any atom is 0.278 e. The molecule has 2 rings (SSSR count). The Hall–Kier alpha value is -0.830. The van der Waals surface area contributed by atoms with E-state index in [4.69, 9.17) is 4.42 Å². The summed E-state index contributed by atoms with van der Waals surface area (Å²) in [5, 5.41) is 0.775. The number of hydrogen-bond donors (Lipinski definition) is 0. The van der Waals surface area contributed by atoms with E-state index in [1.165, 1.54) is 6.07 Å². The van der Waals surface area contributed by atoms with E-state index in [0.29, 0.717) is 5.58 Å². The molecule has 0 N–H and O–H groups in total. The minimum atomic E-state index is -0.543. The van der Waals surface area contributed by atoms with Crippen molar-refractivity contribution in [2.24, 2.45) is 0 Å². The van der Waals surface area contributed by atoms with Crippen molar-refractivity contribution in [3.05, 3.63) is 34.8 Å². The van der Waals surface area contributed by atoms with Gasteiger partial charge in [-0.05, 0) is 18.2 Å². The summed E-state index contributed by atoms with van der Waals surface area (Å²) in [6.07, 6.45) is 0. The Balaban J connectivity index is 2.82. The van der Waals surface area contributed by atoms with Gasteiger partial charge in [0.05, 0.1) is 0 Å². The van der Waals surface area contributed by atoms with Gasteiger partial charge >= 0.3 is 0 Å². The first kappa shape index (κ1) is 6.85. The van der Waals surface area contributed by atoms with Gasteiger partial charge in [-0.15, -0.1) is 0 Å². The molecule has 11 heavy (non-hydrogen) atoms. The molecular formula is C8H4BrFO. The molecule has 0 aliphatic rings. The lowest BCUT2D eigenvalue weighted by Gasteiger charge is -1.87. The Labute approximate surface area is 70.9 Å². The summed E-state index contributed by atoms with van der Waals surface area (Å²) in [5.41, 5.74) is 0.575. The number of fused-ring (bicyclic) bond motifs is 1. The highest BCUT2D eigenvalue weighted by molar-refractivity contribution is 9.10. The topological polar surface area (TPSA) is 13.1 Å². The fraction of sp³-hybridized carbons (Fsp3) is 0. The summed E-state index contributed by atoms with van der Waals surface area (Å²) >= 11 is 3.28. The maximum atomic E-state index is 12.5. The van der Waals surface area contributed by atoms with Crippen LogP contribution >= 0.6 is 15.9 Å². The molecule has 0 atom stereocenters. The zero-order valence-corrected chi connectivity index (χ0v) is 7.06. The van der Waals surface area contributed by atoms with Crippen LogP contribution in [0.15, 0.2) is 33.2 Å². The van der Waals surface area contributed by atoms with E-state index in [-0.39, 0.29) is 0 Å². The zero-order valence-electron chi connectivity index (χ0n) is 5.47. The molecule has 0 saturated heterocycles. The summed E-state index contributed by atoms with van der Waals surface area (Å²) in [4.78, 5) is 0. The molecule has 2 aromatic rings. The molecule has 1 aromatic heterocycles. The van der Waals surface area contributed by atoms with Crippen LogP contribution < -0.4 is 0 Å². The third kappa shape index (κ3) is 1.16. The van der Waals surface area contributed by atoms with Crippen molar-refractivity contribution in [1.29, 1.82) is 0 Å². The van der Waals surface area contributed by atoms with Gasteiger partial charge in [0, 0.05) is 15.9 Å². The Kier molecular flexibility index (Phi) is 1.46. The summed E-state index contributed by atoms with van der Waals surface area (Å²) in [6.45, 7) is 0. The van der Waals surface area contributed by atoms with Crippen molar-refractivity contribution in [2.75, 3.05) is 0 Å². The van der Waals surface area contributed by atoms with Crippen molar-refractivity contribution in [2.45, 2.75) is 0 Å². The minimum Gasteiger partial charge on any atom is -0.431 e. The van der Waals surface area contributed by atoms with Crippen LogP contribution in [0.5, 0.6) is 0 Å². The fourth-order valence-corrected chi connectivity index (χ4v) is 1.36. The average Bonchev–Trinajstić information content (AvgIpc) is 2.27. The predicted octanol–water partition coefficient (Wildman–Crippen LogP) is 3.33. The predicted molar refractivity (Wildman–Crippen MR) is 43.9 cm³/mol. The van der Waals surface area contributed by atoms with E-state index < -0.39 is 6.01 Å². The highest BCUT2D eigenvalue weighted by Gasteiger charge is 2.01. The monoisotopic (exact) mass is 214 g/mol. The Bertz CT molecular complexity index is 394. The summed E-state index contributed by atoms with van der Waals surface area (Å²) in [6, 6.07) is 6.16. The summed E-state index contributed by atoms with van der Waals surface area (Å²) < 4.78 is 18.1. The van der Waals surface area contributed by atoms with Crippen molar-refractivity contribution >= 4 is 26.9 Å². The molecule has 0 bridgehead atoms. The van der Waals surface area contributed by atoms with Crippen molar-refractivity contribution in [1.82, 2.24) is 0 Å². The lowest BCUT2D eigenvalue weighted by molar-refractivity contribution is 0.381. The van der Waals surface area contributed by atoms with Crippen LogP contribution in [0.25, 0.3) is 11.0 Å². The van der Waals surface area contributed by atoms with Gasteiger partial charge in [-0.1, -0.05) is 15.9 Å². The van der Waals surface area contributed by atoms with Gasteiger partial charge in [-0.25, -0.2) is 0 Å². The third-order valence-electron chi connectivity index (χ3n) is 1.45. The highest BCUT2D eigenvalue weighted by Crippen LogP contribution is 2.22. The first-order valence-electron chi connectivity index (χ1n) is 3.10. The summed E-state index contributed by atoms with van der Waals surface area (Å²) in [7, 11) is 0. The second-order valence-corrected chi connectivity index (χ2v) is 3.15. The first-order valence-corrected chi connectivity index (χ1v) is 3.89. The molecule has 1 nitrogen and oxygen atoms in total. The maximum absolute atomic E-state index is 12.5. The number of hydrogen-bond acceptors (Lipinski definition) is 1. The lowest BCUT2D eigenvalue weighted by atomic mass is 10.3. The molecule has 56 valence electrons. The Morgan fingerprint density at radius 1 is 1.27 bits per heavy atom. The van der Waals surface area contributed by atoms with Crippen molar-refractivity contribution in [3.63, 3.8) is 0 Å². The number of furan rings is 1. The van der Waals surface area contributed by atoms with Crippen LogP contribution in [0.1, 0.15) is 0 Å². The molecule has 0 unspecified atom stereocenters. The van der Waals surface area contributed by atoms with Gasteiger partial charge in [0.25, 0.3) is 6.01 Å². The van der Waals surface area contributed by atoms with Crippen LogP contribution in [-0.2, 0) is 0 Å². The SMILES string of the molecule is Fc1cc2cc(Br)ccc2o1. The minimum absolute atomic E-state index is 0.543. The van der Waals surface area contributed by atoms with Gasteiger partial charge in [-0.3, -0.25) is 0 Å². The molecule has 0 amide bonds. The molecule has 0 spiro atoms. The van der Waals surface area contributed by atoms with Gasteiger partial charge in [-0.2, -0.15) is 4.39 Å². The van der Waals surface area contributed by atoms with Crippen LogP contribution in [0.2, 0.25) is 0 Å². The van der Waals surface area contributed by atoms with E-state index >= 15 is 0 Å². The van der Waals surface area contributed by atoms with E-state index in [1.807, 2.05) is 12.1 Å². The van der Waals surface area contributed by atoms with Gasteiger partial charge < -0.3 is 4.42 Å². The second kappa shape index (κ2) is 2.34. The van der Waals surface area contributed by atoms with E-state index in [2.05, 4.69) is 15.9 Å². The van der Waals surface area contributed by atoms with E-state index in [9.17, 15) is 4.39 Å². The lowest BCUT2D eigenvalue weighted by Crippen LogP contribution is -1.62. The fourth-order valence-electron chi connectivity index (χ4n) is 0.982. The van der Waals surface area contributed by atoms with E-state index in [0.717, 1.165) is 9.86 Å². The van der Waals surface area contributed by atoms with Gasteiger partial charge in [0.1, 0.15) is 5.58 Å². The molecule has 0 aliphatic heterocycles. The Morgan fingerprint density at radius 3 is 2.91 bits per heavy atom. The highest BCUT2D eigenvalue weighted by atomic mass is 79.9. The Morgan fingerprint density at radius 2 is 2.09 bits per heavy atom. The molecule has 0 fully saturated rings. The molecule has 1 aromatic carbocycles. The van der Waals surface area contributed by atoms with E-state index in [1.54, 1.807) is 6.07 Å². The van der Waals surface area contributed by atoms with Gasteiger partial charge in [0.2, 0.25) is 0 Å². The first-order chi connectivity index (χ1) is 5.25.